The number of fused-ring (bicyclic) bond motifs is 3. The van der Waals surface area contributed by atoms with E-state index in [2.05, 4.69) is 22.5 Å². The molecule has 2 atom stereocenters. The van der Waals surface area contributed by atoms with Gasteiger partial charge in [-0.15, -0.1) is 0 Å². The topological polar surface area (TPSA) is 88.1 Å². The summed E-state index contributed by atoms with van der Waals surface area (Å²) < 4.78 is 29.7. The molecule has 1 amide bonds. The summed E-state index contributed by atoms with van der Waals surface area (Å²) in [6.45, 7) is 8.88. The molecule has 2 unspecified atom stereocenters. The average Bonchev–Trinajstić information content (AvgIpc) is 3.03. The molecule has 3 heterocycles. The van der Waals surface area contributed by atoms with E-state index < -0.39 is 17.2 Å². The molecular weight excluding hydrogens is 573 g/mol. The van der Waals surface area contributed by atoms with Crippen molar-refractivity contribution >= 4 is 33.3 Å². The van der Waals surface area contributed by atoms with Crippen LogP contribution in [0.1, 0.15) is 37.0 Å². The molecule has 3 aromatic carbocycles. The van der Waals surface area contributed by atoms with Gasteiger partial charge in [0, 0.05) is 52.6 Å². The summed E-state index contributed by atoms with van der Waals surface area (Å²) in [5.41, 5.74) is 0.844. The first-order valence-electron chi connectivity index (χ1n) is 15.9. The number of anilines is 1. The minimum absolute atomic E-state index is 0.0462. The average molecular weight is 616 g/mol. The molecule has 2 aliphatic rings. The van der Waals surface area contributed by atoms with Gasteiger partial charge in [0.25, 0.3) is 5.91 Å². The molecule has 238 valence electrons. The van der Waals surface area contributed by atoms with Crippen molar-refractivity contribution in [3.05, 3.63) is 70.3 Å². The summed E-state index contributed by atoms with van der Waals surface area (Å²) in [4.78, 5) is 31.4. The van der Waals surface area contributed by atoms with Crippen molar-refractivity contribution < 1.29 is 18.7 Å². The number of carbonyl (C=O) groups excluding carboxylic acids is 1. The van der Waals surface area contributed by atoms with Crippen LogP contribution in [0.15, 0.2) is 53.5 Å². The van der Waals surface area contributed by atoms with Gasteiger partial charge in [0.2, 0.25) is 5.43 Å². The molecule has 2 aliphatic heterocycles. The number of hydrogen-bond donors (Lipinski definition) is 2. The molecule has 1 aromatic heterocycles. The van der Waals surface area contributed by atoms with Crippen LogP contribution >= 0.6 is 0 Å². The molecule has 4 aromatic rings. The first-order valence-corrected chi connectivity index (χ1v) is 15.9. The van der Waals surface area contributed by atoms with Gasteiger partial charge in [-0.05, 0) is 60.8 Å². The summed E-state index contributed by atoms with van der Waals surface area (Å²) >= 11 is 0. The number of rotatable bonds is 11. The molecule has 0 bridgehead atoms. The number of likely N-dealkylation sites (N-methyl/N-ethyl adjacent to an activating group) is 2. The van der Waals surface area contributed by atoms with Gasteiger partial charge in [-0.3, -0.25) is 14.5 Å². The fraction of sp³-hybridized carbons (Fsp3) is 0.429. The molecule has 10 heteroatoms. The highest BCUT2D eigenvalue weighted by Gasteiger charge is 2.31. The van der Waals surface area contributed by atoms with Crippen molar-refractivity contribution in [2.45, 2.75) is 32.7 Å². The van der Waals surface area contributed by atoms with Crippen molar-refractivity contribution in [3.8, 4) is 17.2 Å². The van der Waals surface area contributed by atoms with E-state index in [-0.39, 0.29) is 22.7 Å². The Bertz CT molecular complexity index is 1790. The van der Waals surface area contributed by atoms with E-state index in [1.807, 2.05) is 59.8 Å². The number of nitrogens with one attached hydrogen (secondary N) is 2. The Morgan fingerprint density at radius 1 is 1.20 bits per heavy atom. The number of benzene rings is 3. The van der Waals surface area contributed by atoms with Crippen LogP contribution in [0.2, 0.25) is 0 Å². The van der Waals surface area contributed by atoms with E-state index in [4.69, 9.17) is 9.47 Å². The molecule has 9 nitrogen and oxygen atoms in total. The lowest BCUT2D eigenvalue weighted by molar-refractivity contribution is 0.0943. The predicted molar refractivity (Wildman–Crippen MR) is 177 cm³/mol. The Hall–Kier alpha value is -3.99. The normalized spacial score (nSPS) is 17.4. The molecule has 0 spiro atoms. The lowest BCUT2D eigenvalue weighted by Gasteiger charge is -2.35. The fourth-order valence-electron chi connectivity index (χ4n) is 6.62. The maximum Gasteiger partial charge on any atom is 0.256 e. The summed E-state index contributed by atoms with van der Waals surface area (Å²) in [6.07, 6.45) is 3.82. The highest BCUT2D eigenvalue weighted by atomic mass is 19.1. The van der Waals surface area contributed by atoms with E-state index >= 15 is 4.39 Å². The number of methoxy groups -OCH3 is 1. The molecule has 0 saturated carbocycles. The summed E-state index contributed by atoms with van der Waals surface area (Å²) in [5, 5.41) is 8.53. The maximum atomic E-state index is 16.2. The number of halogens is 1. The van der Waals surface area contributed by atoms with E-state index in [0.29, 0.717) is 54.8 Å². The second-order valence-electron chi connectivity index (χ2n) is 12.2. The van der Waals surface area contributed by atoms with Gasteiger partial charge >= 0.3 is 0 Å². The number of amides is 1. The minimum Gasteiger partial charge on any atom is -0.451 e. The first kappa shape index (κ1) is 31.0. The van der Waals surface area contributed by atoms with E-state index in [0.717, 1.165) is 43.2 Å². The van der Waals surface area contributed by atoms with Crippen molar-refractivity contribution in [3.63, 3.8) is 0 Å². The second kappa shape index (κ2) is 13.2. The molecule has 1 fully saturated rings. The molecule has 45 heavy (non-hydrogen) atoms. The lowest BCUT2D eigenvalue weighted by Crippen LogP contribution is -2.47. The van der Waals surface area contributed by atoms with Crippen molar-refractivity contribution in [1.82, 2.24) is 20.1 Å². The largest absolute Gasteiger partial charge is 0.451 e. The van der Waals surface area contributed by atoms with Gasteiger partial charge in [-0.25, -0.2) is 4.39 Å². The number of nitrogens with zero attached hydrogens (tertiary/aromatic N) is 3. The van der Waals surface area contributed by atoms with Gasteiger partial charge in [0.1, 0.15) is 16.8 Å². The highest BCUT2D eigenvalue weighted by molar-refractivity contribution is 6.02. The van der Waals surface area contributed by atoms with Crippen LogP contribution in [0.25, 0.3) is 27.4 Å². The van der Waals surface area contributed by atoms with Crippen molar-refractivity contribution in [1.29, 1.82) is 0 Å². The SMILES string of the molecule is CCN(CCNC(=O)c1cn2c3c(c(N(C)CC4NCCCC4C)c(F)cc3c1=O)Oc1cc3ccccc3cc1-2)CCOC. The van der Waals surface area contributed by atoms with Gasteiger partial charge in [-0.1, -0.05) is 38.1 Å². The first-order chi connectivity index (χ1) is 21.8. The second-order valence-corrected chi connectivity index (χ2v) is 12.2. The standard InChI is InChI=1S/C35H42FN5O4/c1-5-40(15-16-44-4)14-13-38-35(43)26-20-41-29-17-23-10-6-7-11-24(23)18-30(29)45-34-31(41)25(33(26)42)19-27(36)32(34)39(3)21-28-22(2)9-8-12-37-28/h6-7,10-11,17-20,22,28,37H,5,8-9,12-16,21H2,1-4H3,(H,38,43). The molecular formula is C35H42FN5O4. The number of pyridine rings is 1. The Kier molecular flexibility index (Phi) is 9.07. The predicted octanol–water partition coefficient (Wildman–Crippen LogP) is 4.91. The van der Waals surface area contributed by atoms with E-state index in [9.17, 15) is 9.59 Å². The smallest absolute Gasteiger partial charge is 0.256 e. The number of hydrogen-bond acceptors (Lipinski definition) is 7. The molecule has 1 saturated heterocycles. The molecule has 0 aliphatic carbocycles. The summed E-state index contributed by atoms with van der Waals surface area (Å²) in [7, 11) is 3.52. The number of piperidine rings is 1. The minimum atomic E-state index is -0.564. The van der Waals surface area contributed by atoms with Gasteiger partial charge < -0.3 is 29.6 Å². The highest BCUT2D eigenvalue weighted by Crippen LogP contribution is 2.47. The molecule has 0 radical (unpaired) electrons. The van der Waals surface area contributed by atoms with Crippen LogP contribution < -0.4 is 25.7 Å². The maximum absolute atomic E-state index is 16.2. The van der Waals surface area contributed by atoms with Crippen LogP contribution in [-0.2, 0) is 4.74 Å². The Labute approximate surface area is 262 Å². The monoisotopic (exact) mass is 615 g/mol. The van der Waals surface area contributed by atoms with Crippen molar-refractivity contribution in [2.75, 3.05) is 64.9 Å². The van der Waals surface area contributed by atoms with Crippen molar-refractivity contribution in [2.24, 2.45) is 5.92 Å². The van der Waals surface area contributed by atoms with Crippen LogP contribution in [0.5, 0.6) is 11.5 Å². The molecule has 2 N–H and O–H groups in total. The van der Waals surface area contributed by atoms with Gasteiger partial charge in [-0.2, -0.15) is 0 Å². The number of carbonyl (C=O) groups is 1. The Morgan fingerprint density at radius 2 is 1.98 bits per heavy atom. The molecule has 6 rings (SSSR count). The van der Waals surface area contributed by atoms with Crippen LogP contribution in [0, 0.1) is 11.7 Å². The third-order valence-corrected chi connectivity index (χ3v) is 9.27. The lowest BCUT2D eigenvalue weighted by atomic mass is 9.92. The van der Waals surface area contributed by atoms with Gasteiger partial charge in [0.15, 0.2) is 17.3 Å². The zero-order valence-electron chi connectivity index (χ0n) is 26.5. The third kappa shape index (κ3) is 6.02. The zero-order valence-corrected chi connectivity index (χ0v) is 26.5. The quantitative estimate of drug-likeness (QED) is 0.218. The zero-order chi connectivity index (χ0) is 31.7. The van der Waals surface area contributed by atoms with E-state index in [1.54, 1.807) is 13.3 Å². The third-order valence-electron chi connectivity index (χ3n) is 9.27. The van der Waals surface area contributed by atoms with Gasteiger partial charge in [0.05, 0.1) is 17.7 Å². The van der Waals surface area contributed by atoms with E-state index in [1.165, 1.54) is 6.07 Å². The Balaban J connectivity index is 1.44. The summed E-state index contributed by atoms with van der Waals surface area (Å²) in [5.74, 6) is 0.185. The van der Waals surface area contributed by atoms with Crippen LogP contribution in [0.4, 0.5) is 10.1 Å². The van der Waals surface area contributed by atoms with Crippen LogP contribution in [-0.4, -0.2) is 81.4 Å². The fourth-order valence-corrected chi connectivity index (χ4v) is 6.62. The summed E-state index contributed by atoms with van der Waals surface area (Å²) in [6, 6.07) is 13.3. The van der Waals surface area contributed by atoms with Crippen LogP contribution in [0.3, 0.4) is 0 Å². The number of aromatic nitrogens is 1. The number of ether oxygens (including phenoxy) is 2. The Morgan fingerprint density at radius 3 is 2.71 bits per heavy atom.